The maximum absolute atomic E-state index is 11.3. The SMILES string of the molecule is Cc1ccc(-c2nc(C(C)(C)C)sc2C(=O)O)s1. The number of aromatic carboxylic acids is 1. The molecule has 96 valence electrons. The molecule has 0 bridgehead atoms. The minimum absolute atomic E-state index is 0.126. The van der Waals surface area contributed by atoms with Gasteiger partial charge in [-0.1, -0.05) is 20.8 Å². The van der Waals surface area contributed by atoms with E-state index in [-0.39, 0.29) is 5.41 Å². The first-order valence-electron chi connectivity index (χ1n) is 5.60. The van der Waals surface area contributed by atoms with Crippen molar-refractivity contribution in [3.05, 3.63) is 26.9 Å². The molecule has 0 saturated carbocycles. The fraction of sp³-hybridized carbons (Fsp3) is 0.385. The van der Waals surface area contributed by atoms with Gasteiger partial charge in [0.15, 0.2) is 0 Å². The van der Waals surface area contributed by atoms with E-state index in [1.54, 1.807) is 11.3 Å². The number of carboxylic acids is 1. The molecule has 0 spiro atoms. The number of nitrogens with zero attached hydrogens (tertiary/aromatic N) is 1. The van der Waals surface area contributed by atoms with Crippen molar-refractivity contribution in [1.82, 2.24) is 4.98 Å². The number of aromatic nitrogens is 1. The molecule has 3 nitrogen and oxygen atoms in total. The second-order valence-electron chi connectivity index (χ2n) is 5.16. The Labute approximate surface area is 114 Å². The molecule has 0 aliphatic carbocycles. The van der Waals surface area contributed by atoms with Crippen molar-refractivity contribution in [2.75, 3.05) is 0 Å². The Hall–Kier alpha value is -1.20. The first kappa shape index (κ1) is 13.2. The third-order valence-corrected chi connectivity index (χ3v) is 4.91. The van der Waals surface area contributed by atoms with Crippen molar-refractivity contribution >= 4 is 28.6 Å². The van der Waals surface area contributed by atoms with Crippen LogP contribution in [0.4, 0.5) is 0 Å². The van der Waals surface area contributed by atoms with E-state index >= 15 is 0 Å². The zero-order chi connectivity index (χ0) is 13.5. The zero-order valence-electron chi connectivity index (χ0n) is 10.8. The van der Waals surface area contributed by atoms with Crippen LogP contribution in [0.2, 0.25) is 0 Å². The van der Waals surface area contributed by atoms with Crippen LogP contribution >= 0.6 is 22.7 Å². The first-order chi connectivity index (χ1) is 8.29. The van der Waals surface area contributed by atoms with Gasteiger partial charge in [0, 0.05) is 10.3 Å². The van der Waals surface area contributed by atoms with Gasteiger partial charge in [0.1, 0.15) is 10.6 Å². The summed E-state index contributed by atoms with van der Waals surface area (Å²) in [6.07, 6.45) is 0. The van der Waals surface area contributed by atoms with Crippen LogP contribution in [0.1, 0.15) is 40.3 Å². The molecular weight excluding hydrogens is 266 g/mol. The number of rotatable bonds is 2. The Morgan fingerprint density at radius 3 is 2.39 bits per heavy atom. The molecule has 18 heavy (non-hydrogen) atoms. The summed E-state index contributed by atoms with van der Waals surface area (Å²) in [6, 6.07) is 3.93. The Morgan fingerprint density at radius 2 is 1.94 bits per heavy atom. The van der Waals surface area contributed by atoms with Crippen LogP contribution in [-0.4, -0.2) is 16.1 Å². The topological polar surface area (TPSA) is 50.2 Å². The van der Waals surface area contributed by atoms with E-state index in [0.29, 0.717) is 10.6 Å². The third-order valence-electron chi connectivity index (χ3n) is 2.44. The molecule has 2 heterocycles. The van der Waals surface area contributed by atoms with Crippen molar-refractivity contribution in [2.24, 2.45) is 0 Å². The highest BCUT2D eigenvalue weighted by Crippen LogP contribution is 2.37. The van der Waals surface area contributed by atoms with Gasteiger partial charge in [0.2, 0.25) is 0 Å². The second-order valence-corrected chi connectivity index (χ2v) is 7.45. The highest BCUT2D eigenvalue weighted by Gasteiger charge is 2.25. The summed E-state index contributed by atoms with van der Waals surface area (Å²) in [6.45, 7) is 8.13. The predicted octanol–water partition coefficient (Wildman–Crippen LogP) is 4.18. The summed E-state index contributed by atoms with van der Waals surface area (Å²) in [5.41, 5.74) is 0.481. The van der Waals surface area contributed by atoms with Crippen LogP contribution in [0.5, 0.6) is 0 Å². The molecule has 2 aromatic rings. The second kappa shape index (κ2) is 4.48. The lowest BCUT2D eigenvalue weighted by atomic mass is 9.98. The summed E-state index contributed by atoms with van der Waals surface area (Å²) in [4.78, 5) is 18.3. The summed E-state index contributed by atoms with van der Waals surface area (Å²) < 4.78 is 0. The van der Waals surface area contributed by atoms with Crippen molar-refractivity contribution < 1.29 is 9.90 Å². The van der Waals surface area contributed by atoms with Crippen LogP contribution in [0.15, 0.2) is 12.1 Å². The van der Waals surface area contributed by atoms with Crippen LogP contribution < -0.4 is 0 Å². The number of thiazole rings is 1. The van der Waals surface area contributed by atoms with Gasteiger partial charge in [0.25, 0.3) is 0 Å². The Morgan fingerprint density at radius 1 is 1.28 bits per heavy atom. The maximum atomic E-state index is 11.3. The van der Waals surface area contributed by atoms with Crippen LogP contribution in [0, 0.1) is 6.92 Å². The third kappa shape index (κ3) is 2.47. The number of carboxylic acid groups (broad SMARTS) is 1. The van der Waals surface area contributed by atoms with E-state index in [1.807, 2.05) is 39.8 Å². The Bertz CT molecular complexity index is 590. The molecule has 0 fully saturated rings. The molecule has 0 amide bonds. The van der Waals surface area contributed by atoms with Gasteiger partial charge in [-0.05, 0) is 19.1 Å². The van der Waals surface area contributed by atoms with Gasteiger partial charge in [-0.25, -0.2) is 9.78 Å². The first-order valence-corrected chi connectivity index (χ1v) is 7.24. The number of aryl methyl sites for hydroxylation is 1. The normalized spacial score (nSPS) is 11.8. The average molecular weight is 281 g/mol. The van der Waals surface area contributed by atoms with E-state index in [0.717, 1.165) is 14.8 Å². The Balaban J connectivity index is 2.59. The predicted molar refractivity (Wildman–Crippen MR) is 75.8 cm³/mol. The van der Waals surface area contributed by atoms with Crippen molar-refractivity contribution in [1.29, 1.82) is 0 Å². The molecule has 0 aromatic carbocycles. The van der Waals surface area contributed by atoms with E-state index in [1.165, 1.54) is 11.3 Å². The summed E-state index contributed by atoms with van der Waals surface area (Å²) in [5, 5.41) is 10.1. The lowest BCUT2D eigenvalue weighted by Crippen LogP contribution is -2.10. The smallest absolute Gasteiger partial charge is 0.348 e. The highest BCUT2D eigenvalue weighted by molar-refractivity contribution is 7.17. The fourth-order valence-corrected chi connectivity index (χ4v) is 3.42. The summed E-state index contributed by atoms with van der Waals surface area (Å²) in [7, 11) is 0. The van der Waals surface area contributed by atoms with Crippen LogP contribution in [0.3, 0.4) is 0 Å². The summed E-state index contributed by atoms with van der Waals surface area (Å²) in [5.74, 6) is -0.899. The number of hydrogen-bond donors (Lipinski definition) is 1. The van der Waals surface area contributed by atoms with E-state index in [2.05, 4.69) is 4.98 Å². The van der Waals surface area contributed by atoms with Gasteiger partial charge >= 0.3 is 5.97 Å². The number of hydrogen-bond acceptors (Lipinski definition) is 4. The summed E-state index contributed by atoms with van der Waals surface area (Å²) >= 11 is 2.85. The molecule has 0 aliphatic heterocycles. The van der Waals surface area contributed by atoms with Gasteiger partial charge in [0.05, 0.1) is 9.88 Å². The van der Waals surface area contributed by atoms with Gasteiger partial charge < -0.3 is 5.11 Å². The minimum Gasteiger partial charge on any atom is -0.477 e. The van der Waals surface area contributed by atoms with Crippen molar-refractivity contribution in [3.63, 3.8) is 0 Å². The van der Waals surface area contributed by atoms with Gasteiger partial charge in [-0.3, -0.25) is 0 Å². The fourth-order valence-electron chi connectivity index (χ4n) is 1.51. The minimum atomic E-state index is -0.899. The lowest BCUT2D eigenvalue weighted by Gasteiger charge is -2.13. The number of thiophene rings is 1. The van der Waals surface area contributed by atoms with E-state index in [4.69, 9.17) is 0 Å². The van der Waals surface area contributed by atoms with Gasteiger partial charge in [-0.2, -0.15) is 0 Å². The molecule has 1 N–H and O–H groups in total. The van der Waals surface area contributed by atoms with Crippen molar-refractivity contribution in [3.8, 4) is 10.6 Å². The molecule has 0 unspecified atom stereocenters. The van der Waals surface area contributed by atoms with Gasteiger partial charge in [-0.15, -0.1) is 22.7 Å². The highest BCUT2D eigenvalue weighted by atomic mass is 32.1. The zero-order valence-corrected chi connectivity index (χ0v) is 12.4. The maximum Gasteiger partial charge on any atom is 0.348 e. The molecule has 2 rings (SSSR count). The molecule has 2 aromatic heterocycles. The number of carbonyl (C=O) groups is 1. The van der Waals surface area contributed by atoms with E-state index in [9.17, 15) is 9.90 Å². The molecule has 0 atom stereocenters. The largest absolute Gasteiger partial charge is 0.477 e. The molecule has 0 aliphatic rings. The molecular formula is C13H15NO2S2. The average Bonchev–Trinajstić information content (AvgIpc) is 2.81. The molecule has 0 saturated heterocycles. The molecule has 5 heteroatoms. The van der Waals surface area contributed by atoms with Crippen LogP contribution in [-0.2, 0) is 5.41 Å². The van der Waals surface area contributed by atoms with Crippen LogP contribution in [0.25, 0.3) is 10.6 Å². The monoisotopic (exact) mass is 281 g/mol. The van der Waals surface area contributed by atoms with Crippen molar-refractivity contribution in [2.45, 2.75) is 33.1 Å². The standard InChI is InChI=1S/C13H15NO2S2/c1-7-5-6-8(17-7)9-10(11(15)16)18-12(14-9)13(2,3)4/h5-6H,1-4H3,(H,15,16). The van der Waals surface area contributed by atoms with E-state index < -0.39 is 5.97 Å². The Kier molecular flexibility index (Phi) is 3.29. The quantitative estimate of drug-likeness (QED) is 0.898. The lowest BCUT2D eigenvalue weighted by molar-refractivity contribution is 0.0703. The molecule has 0 radical (unpaired) electrons.